The number of rotatable bonds is 9. The average molecular weight is 441 g/mol. The number of imidazole rings is 1. The van der Waals surface area contributed by atoms with E-state index in [9.17, 15) is 14.7 Å². The van der Waals surface area contributed by atoms with E-state index >= 15 is 0 Å². The Bertz CT molecular complexity index is 1240. The summed E-state index contributed by atoms with van der Waals surface area (Å²) in [6.07, 6.45) is 2.82. The quantitative estimate of drug-likeness (QED) is 0.343. The predicted octanol–water partition coefficient (Wildman–Crippen LogP) is 1.71. The summed E-state index contributed by atoms with van der Waals surface area (Å²) in [5, 5.41) is 14.7. The van der Waals surface area contributed by atoms with Crippen LogP contribution in [0.2, 0.25) is 0 Å². The van der Waals surface area contributed by atoms with Crippen LogP contribution in [0.15, 0.2) is 51.1 Å². The summed E-state index contributed by atoms with van der Waals surface area (Å²) < 4.78 is 8.20. The normalized spacial score (nSPS) is 13.4. The van der Waals surface area contributed by atoms with Crippen LogP contribution in [0.25, 0.3) is 17.2 Å². The molecule has 10 heteroatoms. The summed E-state index contributed by atoms with van der Waals surface area (Å²) >= 11 is 0. The van der Waals surface area contributed by atoms with Gasteiger partial charge in [0.15, 0.2) is 11.2 Å². The van der Waals surface area contributed by atoms with E-state index in [2.05, 4.69) is 20.5 Å². The zero-order valence-corrected chi connectivity index (χ0v) is 18.6. The van der Waals surface area contributed by atoms with Crippen LogP contribution in [-0.2, 0) is 18.3 Å². The molecule has 0 aliphatic carbocycles. The summed E-state index contributed by atoms with van der Waals surface area (Å²) in [4.78, 5) is 31.2. The monoisotopic (exact) mass is 440 g/mol. The van der Waals surface area contributed by atoms with Crippen LogP contribution in [-0.4, -0.2) is 48.7 Å². The Morgan fingerprint density at radius 2 is 2.03 bits per heavy atom. The number of aromatic amines is 1. The topological polar surface area (TPSA) is 127 Å². The first kappa shape index (κ1) is 23.2. The van der Waals surface area contributed by atoms with E-state index in [-0.39, 0.29) is 36.4 Å². The Hall–Kier alpha value is -3.50. The van der Waals surface area contributed by atoms with Crippen LogP contribution in [0.3, 0.4) is 0 Å². The van der Waals surface area contributed by atoms with E-state index in [1.807, 2.05) is 63.3 Å². The van der Waals surface area contributed by atoms with Crippen LogP contribution in [0.5, 0.6) is 0 Å². The fourth-order valence-electron chi connectivity index (χ4n) is 3.02. The van der Waals surface area contributed by atoms with Crippen LogP contribution >= 0.6 is 0 Å². The third-order valence-corrected chi connectivity index (χ3v) is 4.67. The van der Waals surface area contributed by atoms with Crippen LogP contribution < -0.4 is 16.7 Å². The number of H-pyrrole nitrogens is 1. The van der Waals surface area contributed by atoms with Crippen molar-refractivity contribution >= 4 is 28.9 Å². The van der Waals surface area contributed by atoms with Gasteiger partial charge >= 0.3 is 5.69 Å². The predicted molar refractivity (Wildman–Crippen MR) is 125 cm³/mol. The van der Waals surface area contributed by atoms with Gasteiger partial charge in [-0.25, -0.2) is 10.2 Å². The number of anilines is 1. The molecule has 0 amide bonds. The number of hydrogen-bond acceptors (Lipinski definition) is 7. The Morgan fingerprint density at radius 1 is 1.31 bits per heavy atom. The van der Waals surface area contributed by atoms with Gasteiger partial charge in [0.2, 0.25) is 5.95 Å². The number of aliphatic hydroxyl groups excluding tert-OH is 1. The molecule has 1 aromatic carbocycles. The molecule has 0 aliphatic rings. The molecule has 0 radical (unpaired) electrons. The number of benzene rings is 1. The van der Waals surface area contributed by atoms with Gasteiger partial charge in [0, 0.05) is 7.05 Å². The Morgan fingerprint density at radius 3 is 2.72 bits per heavy atom. The number of fused-ring (bicyclic) bond motifs is 1. The minimum absolute atomic E-state index is 0.0290. The third-order valence-electron chi connectivity index (χ3n) is 4.67. The van der Waals surface area contributed by atoms with Crippen molar-refractivity contribution in [3.05, 3.63) is 62.8 Å². The maximum Gasteiger partial charge on any atom is 0.329 e. The van der Waals surface area contributed by atoms with E-state index in [4.69, 9.17) is 4.74 Å². The van der Waals surface area contributed by atoms with Crippen LogP contribution in [0, 0.1) is 0 Å². The number of nitrogens with zero attached hydrogens (tertiary/aromatic N) is 4. The largest absolute Gasteiger partial charge is 0.389 e. The van der Waals surface area contributed by atoms with Gasteiger partial charge in [-0.05, 0) is 32.4 Å². The van der Waals surface area contributed by atoms with Crippen molar-refractivity contribution in [1.29, 1.82) is 0 Å². The highest BCUT2D eigenvalue weighted by atomic mass is 16.5. The summed E-state index contributed by atoms with van der Waals surface area (Å²) in [5.41, 5.74) is 3.72. The minimum atomic E-state index is -0.893. The number of ether oxygens (including phenoxy) is 1. The highest BCUT2D eigenvalue weighted by Crippen LogP contribution is 2.16. The van der Waals surface area contributed by atoms with Gasteiger partial charge in [0.05, 0.1) is 31.1 Å². The van der Waals surface area contributed by atoms with E-state index in [0.29, 0.717) is 5.71 Å². The van der Waals surface area contributed by atoms with Gasteiger partial charge in [-0.15, -0.1) is 0 Å². The van der Waals surface area contributed by atoms with E-state index < -0.39 is 17.4 Å². The molecule has 0 saturated carbocycles. The number of hydrazone groups is 1. The Kier molecular flexibility index (Phi) is 7.39. The molecule has 170 valence electrons. The molecule has 3 N–H and O–H groups in total. The molecule has 3 rings (SSSR count). The zero-order valence-electron chi connectivity index (χ0n) is 18.6. The lowest BCUT2D eigenvalue weighted by Crippen LogP contribution is -2.30. The number of aromatic nitrogens is 4. The summed E-state index contributed by atoms with van der Waals surface area (Å²) in [6.45, 7) is 5.66. The molecule has 10 nitrogen and oxygen atoms in total. The zero-order chi connectivity index (χ0) is 23.3. The van der Waals surface area contributed by atoms with Gasteiger partial charge < -0.3 is 14.4 Å². The second-order valence-electron chi connectivity index (χ2n) is 7.68. The molecular weight excluding hydrogens is 412 g/mol. The van der Waals surface area contributed by atoms with Crippen molar-refractivity contribution in [2.24, 2.45) is 12.1 Å². The maximum absolute atomic E-state index is 12.5. The second-order valence-corrected chi connectivity index (χ2v) is 7.68. The summed E-state index contributed by atoms with van der Waals surface area (Å²) in [7, 11) is 1.51. The third kappa shape index (κ3) is 5.59. The van der Waals surface area contributed by atoms with Crippen LogP contribution in [0.1, 0.15) is 26.3 Å². The molecular formula is C22H28N6O4. The fourth-order valence-corrected chi connectivity index (χ4v) is 3.02. The van der Waals surface area contributed by atoms with Gasteiger partial charge in [-0.3, -0.25) is 14.3 Å². The molecule has 2 aromatic heterocycles. The Balaban J connectivity index is 1.93. The van der Waals surface area contributed by atoms with Crippen molar-refractivity contribution in [2.45, 2.75) is 39.5 Å². The van der Waals surface area contributed by atoms with E-state index in [0.717, 1.165) is 5.56 Å². The maximum atomic E-state index is 12.5. The highest BCUT2D eigenvalue weighted by molar-refractivity contribution is 5.96. The lowest BCUT2D eigenvalue weighted by atomic mass is 10.2. The molecule has 0 spiro atoms. The van der Waals surface area contributed by atoms with E-state index in [1.54, 1.807) is 0 Å². The summed E-state index contributed by atoms with van der Waals surface area (Å²) in [5.74, 6) is 0.225. The minimum Gasteiger partial charge on any atom is -0.389 e. The smallest absolute Gasteiger partial charge is 0.329 e. The lowest BCUT2D eigenvalue weighted by molar-refractivity contribution is -0.000105. The number of aliphatic hydroxyl groups is 1. The molecule has 0 fully saturated rings. The number of hydrogen-bond donors (Lipinski definition) is 3. The standard InChI is InChI=1S/C22H28N6O4/c1-14(2)32-13-17(29)12-28-18-19(27(4)22(31)24-20(18)30)23-21(28)26-25-15(3)10-11-16-8-6-5-7-9-16/h5-11,14,17,29H,12-13H2,1-4H3,(H,23,26)(H,24,30,31)/b11-10+,25-15+. The van der Waals surface area contributed by atoms with Crippen molar-refractivity contribution in [1.82, 2.24) is 19.1 Å². The fraction of sp³-hybridized carbons (Fsp3) is 0.364. The molecule has 1 unspecified atom stereocenters. The first-order valence-corrected chi connectivity index (χ1v) is 10.3. The number of nitrogens with one attached hydrogen (secondary N) is 2. The number of aryl methyl sites for hydroxylation is 1. The highest BCUT2D eigenvalue weighted by Gasteiger charge is 2.19. The number of allylic oxidation sites excluding steroid dienone is 1. The lowest BCUT2D eigenvalue weighted by Gasteiger charge is -2.15. The molecule has 2 heterocycles. The van der Waals surface area contributed by atoms with Gasteiger partial charge in [0.1, 0.15) is 0 Å². The molecule has 32 heavy (non-hydrogen) atoms. The first-order valence-electron chi connectivity index (χ1n) is 10.3. The second kappa shape index (κ2) is 10.2. The molecule has 3 aromatic rings. The molecule has 0 saturated heterocycles. The molecule has 0 aliphatic heterocycles. The average Bonchev–Trinajstić information content (AvgIpc) is 3.12. The van der Waals surface area contributed by atoms with Crippen molar-refractivity contribution in [2.75, 3.05) is 12.0 Å². The SMILES string of the molecule is CC(/C=C/c1ccccc1)=N\Nc1nc2c(c(=O)[nH]c(=O)n2C)n1CC(O)COC(C)C. The summed E-state index contributed by atoms with van der Waals surface area (Å²) in [6, 6.07) is 9.79. The molecule has 1 atom stereocenters. The van der Waals surface area contributed by atoms with Crippen molar-refractivity contribution in [3.8, 4) is 0 Å². The van der Waals surface area contributed by atoms with Gasteiger partial charge in [0.25, 0.3) is 5.56 Å². The Labute approximate surface area is 184 Å². The van der Waals surface area contributed by atoms with Crippen molar-refractivity contribution in [3.63, 3.8) is 0 Å². The van der Waals surface area contributed by atoms with Gasteiger partial charge in [-0.1, -0.05) is 36.4 Å². The van der Waals surface area contributed by atoms with Crippen LogP contribution in [0.4, 0.5) is 5.95 Å². The first-order chi connectivity index (χ1) is 15.3. The van der Waals surface area contributed by atoms with E-state index in [1.165, 1.54) is 16.2 Å². The van der Waals surface area contributed by atoms with Crippen molar-refractivity contribution < 1.29 is 9.84 Å². The molecule has 0 bridgehead atoms. The van der Waals surface area contributed by atoms with Gasteiger partial charge in [-0.2, -0.15) is 10.1 Å².